The van der Waals surface area contributed by atoms with E-state index in [4.69, 9.17) is 21.2 Å². The average Bonchev–Trinajstić information content (AvgIpc) is 2.53. The molecular weight excluding hydrogens is 391 g/mol. The van der Waals surface area contributed by atoms with E-state index in [1.807, 2.05) is 0 Å². The average molecular weight is 407 g/mol. The van der Waals surface area contributed by atoms with Crippen LogP contribution in [0.25, 0.3) is 10.8 Å². The van der Waals surface area contributed by atoms with Gasteiger partial charge in [0.15, 0.2) is 0 Å². The van der Waals surface area contributed by atoms with Gasteiger partial charge in [0.1, 0.15) is 11.4 Å². The van der Waals surface area contributed by atoms with Crippen LogP contribution in [0.1, 0.15) is 27.7 Å². The Morgan fingerprint density at radius 3 is 1.09 bits per heavy atom. The Morgan fingerprint density at radius 2 is 1.04 bits per heavy atom. The van der Waals surface area contributed by atoms with E-state index < -0.39 is 0 Å². The minimum Gasteiger partial charge on any atom is -0.753 e. The van der Waals surface area contributed by atoms with E-state index in [0.717, 1.165) is 0 Å². The summed E-state index contributed by atoms with van der Waals surface area (Å²) in [6, 6.07) is 0. The molecule has 13 heteroatoms. The Kier molecular flexibility index (Phi) is 40.9. The molecule has 0 amide bonds. The van der Waals surface area contributed by atoms with Crippen LogP contribution >= 0.6 is 24.4 Å². The molecule has 0 rings (SSSR count). The van der Waals surface area contributed by atoms with Gasteiger partial charge >= 0.3 is 16.8 Å². The van der Waals surface area contributed by atoms with Gasteiger partial charge in [0, 0.05) is 0 Å². The summed E-state index contributed by atoms with van der Waals surface area (Å²) in [5, 5.41) is 38.3. The van der Waals surface area contributed by atoms with Gasteiger partial charge in [0.25, 0.3) is 0 Å². The van der Waals surface area contributed by atoms with E-state index in [0.29, 0.717) is 11.4 Å². The van der Waals surface area contributed by atoms with E-state index in [1.54, 1.807) is 24.8 Å². The molecular formula is C10H16CoN6O4S2. The minimum atomic E-state index is 0. The number of isothiocyanates is 2. The number of hydrogen-bond donors (Lipinski definition) is 4. The van der Waals surface area contributed by atoms with Crippen LogP contribution in [0.4, 0.5) is 0 Å². The maximum Gasteiger partial charge on any atom is 2.00 e. The summed E-state index contributed by atoms with van der Waals surface area (Å²) in [4.78, 5) is 19.3. The van der Waals surface area contributed by atoms with Crippen LogP contribution in [-0.2, 0) is 16.8 Å². The van der Waals surface area contributed by atoms with E-state index in [2.05, 4.69) is 34.8 Å². The first kappa shape index (κ1) is 33.0. The van der Waals surface area contributed by atoms with Crippen molar-refractivity contribution in [1.29, 1.82) is 0 Å². The van der Waals surface area contributed by atoms with Crippen LogP contribution in [-0.4, -0.2) is 20.7 Å². The predicted molar refractivity (Wildman–Crippen MR) is 90.1 cm³/mol. The summed E-state index contributed by atoms with van der Waals surface area (Å²) in [5.74, 6) is 0. The number of rotatable bonds is 4. The fourth-order valence-corrected chi connectivity index (χ4v) is 0.299. The Balaban J connectivity index is -0.0000000680. The van der Waals surface area contributed by atoms with Crippen molar-refractivity contribution in [2.45, 2.75) is 27.7 Å². The van der Waals surface area contributed by atoms with Gasteiger partial charge in [0.2, 0.25) is 0 Å². The third-order valence-corrected chi connectivity index (χ3v) is 1.69. The number of nitrogens with zero attached hydrogens (tertiary/aromatic N) is 4. The zero-order valence-electron chi connectivity index (χ0n) is 12.6. The number of nitrogens with one attached hydrogen (secondary N) is 2. The second-order valence-electron chi connectivity index (χ2n) is 3.01. The molecule has 0 aromatic carbocycles. The number of hydrogen-bond acceptors (Lipinski definition) is 10. The molecule has 0 aliphatic rings. The smallest absolute Gasteiger partial charge is 0.753 e. The molecule has 0 atom stereocenters. The Morgan fingerprint density at radius 1 is 0.870 bits per heavy atom. The van der Waals surface area contributed by atoms with Crippen LogP contribution in [0, 0.1) is 9.81 Å². The summed E-state index contributed by atoms with van der Waals surface area (Å²) in [6.07, 6.45) is 0. The van der Waals surface area contributed by atoms with Crippen LogP contribution in [0.5, 0.6) is 0 Å². The fourth-order valence-electron chi connectivity index (χ4n) is 0.299. The number of thiocarbonyl (C=S) groups is 2. The van der Waals surface area contributed by atoms with E-state index in [9.17, 15) is 9.81 Å². The van der Waals surface area contributed by atoms with Crippen LogP contribution in [0.15, 0.2) is 33.1 Å². The second kappa shape index (κ2) is 28.5. The summed E-state index contributed by atoms with van der Waals surface area (Å²) in [7, 11) is 0. The molecule has 4 N–H and O–H groups in total. The van der Waals surface area contributed by atoms with Crippen molar-refractivity contribution in [2.75, 3.05) is 0 Å². The van der Waals surface area contributed by atoms with Crippen LogP contribution in [0.2, 0.25) is 0 Å². The van der Waals surface area contributed by atoms with E-state index in [1.165, 1.54) is 24.2 Å². The first-order valence-electron chi connectivity index (χ1n) is 5.12. The van der Waals surface area contributed by atoms with Crippen molar-refractivity contribution in [1.82, 2.24) is 11.0 Å². The summed E-state index contributed by atoms with van der Waals surface area (Å²) >= 11 is 7.40. The van der Waals surface area contributed by atoms with Gasteiger partial charge in [0.05, 0.1) is 11.4 Å². The SMILES string of the molecule is C/C(N=O)=C(\C)NO.C/C(N=O)=C(\C)NO.[Co+2].[N-]=C=S.[N-]=C=S. The summed E-state index contributed by atoms with van der Waals surface area (Å²) < 4.78 is 0. The molecule has 0 aromatic rings. The number of nitroso groups, excluding NO2 is 2. The van der Waals surface area contributed by atoms with Crippen molar-refractivity contribution in [3.63, 3.8) is 0 Å². The fraction of sp³-hybridized carbons (Fsp3) is 0.400. The number of allylic oxidation sites excluding steroid dienone is 4. The van der Waals surface area contributed by atoms with Crippen molar-refractivity contribution < 1.29 is 27.2 Å². The maximum absolute atomic E-state index is 9.65. The van der Waals surface area contributed by atoms with Crippen molar-refractivity contribution in [3.05, 3.63) is 43.4 Å². The molecule has 0 aromatic heterocycles. The molecule has 0 unspecified atom stereocenters. The first-order valence-corrected chi connectivity index (χ1v) is 5.93. The van der Waals surface area contributed by atoms with Crippen LogP contribution < -0.4 is 11.0 Å². The normalized spacial score (nSPS) is 9.30. The molecule has 0 fully saturated rings. The van der Waals surface area contributed by atoms with Gasteiger partial charge in [-0.15, -0.1) is 9.81 Å². The molecule has 0 heterocycles. The topological polar surface area (TPSA) is 168 Å². The van der Waals surface area contributed by atoms with Crippen LogP contribution in [0.3, 0.4) is 0 Å². The van der Waals surface area contributed by atoms with Gasteiger partial charge < -0.3 is 10.8 Å². The first-order chi connectivity index (χ1) is 10.3. The molecule has 131 valence electrons. The monoisotopic (exact) mass is 407 g/mol. The molecule has 0 bridgehead atoms. The van der Waals surface area contributed by atoms with Gasteiger partial charge in [-0.05, 0) is 38.0 Å². The van der Waals surface area contributed by atoms with Gasteiger partial charge in [-0.2, -0.15) is 10.3 Å². The molecule has 0 spiro atoms. The minimum absolute atomic E-state index is 0. The molecule has 0 aliphatic carbocycles. The molecule has 23 heavy (non-hydrogen) atoms. The Hall–Kier alpha value is -1.69. The van der Waals surface area contributed by atoms with Crippen molar-refractivity contribution in [3.8, 4) is 0 Å². The quantitative estimate of drug-likeness (QED) is 0.238. The van der Waals surface area contributed by atoms with E-state index in [-0.39, 0.29) is 28.2 Å². The maximum atomic E-state index is 9.65. The standard InChI is InChI=1S/2C4H8N2O2.2CNS.Co/c2*1-3(5-7)4(2)6-8;2*2-1-3;/h2*5,7H,1-2H3;;;/q;;2*-1;+2/b2*4-3-;;;. The second-order valence-corrected chi connectivity index (χ2v) is 3.37. The zero-order chi connectivity index (χ0) is 18.6. The van der Waals surface area contributed by atoms with Gasteiger partial charge in [-0.1, -0.05) is 24.4 Å². The largest absolute Gasteiger partial charge is 2.00 e. The zero-order valence-corrected chi connectivity index (χ0v) is 15.3. The molecule has 1 radical (unpaired) electrons. The molecule has 0 aliphatic heterocycles. The third-order valence-electron chi connectivity index (χ3n) is 1.69. The van der Waals surface area contributed by atoms with Gasteiger partial charge in [-0.25, -0.2) is 0 Å². The van der Waals surface area contributed by atoms with Crippen molar-refractivity contribution >= 4 is 34.8 Å². The Bertz CT molecular complexity index is 416. The summed E-state index contributed by atoms with van der Waals surface area (Å²) in [5.41, 5.74) is 4.87. The van der Waals surface area contributed by atoms with Gasteiger partial charge in [-0.3, -0.25) is 21.4 Å². The Labute approximate surface area is 154 Å². The third kappa shape index (κ3) is 33.2. The summed E-state index contributed by atoms with van der Waals surface area (Å²) in [6.45, 7) is 6.12. The molecule has 10 nitrogen and oxygen atoms in total. The predicted octanol–water partition coefficient (Wildman–Crippen LogP) is 3.28. The molecule has 0 saturated heterocycles. The van der Waals surface area contributed by atoms with Crippen molar-refractivity contribution in [2.24, 2.45) is 10.4 Å². The molecule has 0 saturated carbocycles. The van der Waals surface area contributed by atoms with E-state index >= 15 is 0 Å². The number of hydroxylamine groups is 2.